The van der Waals surface area contributed by atoms with E-state index in [4.69, 9.17) is 5.21 Å². The quantitative estimate of drug-likeness (QED) is 0.455. The van der Waals surface area contributed by atoms with Crippen molar-refractivity contribution in [2.45, 2.75) is 6.92 Å². The Balaban J connectivity index is 3.03. The fourth-order valence-corrected chi connectivity index (χ4v) is 0.784. The maximum Gasteiger partial charge on any atom is 0.276 e. The Morgan fingerprint density at radius 3 is 3.00 bits per heavy atom. The zero-order valence-electron chi connectivity index (χ0n) is 6.03. The van der Waals surface area contributed by atoms with Crippen LogP contribution in [0, 0.1) is 6.92 Å². The molecule has 0 aromatic carbocycles. The zero-order valence-corrected chi connectivity index (χ0v) is 6.03. The summed E-state index contributed by atoms with van der Waals surface area (Å²) in [5.74, 6) is -0.532. The van der Waals surface area contributed by atoms with Crippen molar-refractivity contribution in [3.8, 4) is 0 Å². The van der Waals surface area contributed by atoms with Crippen LogP contribution in [0.4, 0.5) is 0 Å². The van der Waals surface area contributed by atoms with Gasteiger partial charge in [-0.1, -0.05) is 0 Å². The number of hydrogen-bond acceptors (Lipinski definition) is 3. The molecule has 0 atom stereocenters. The molecule has 0 spiro atoms. The minimum absolute atomic E-state index is 0.384. The number of aromatic nitrogens is 1. The third-order valence-electron chi connectivity index (χ3n) is 1.35. The van der Waals surface area contributed by atoms with Crippen LogP contribution < -0.4 is 5.48 Å². The minimum atomic E-state index is -0.532. The molecule has 0 aliphatic carbocycles. The van der Waals surface area contributed by atoms with Crippen LogP contribution in [0.3, 0.4) is 0 Å². The summed E-state index contributed by atoms with van der Waals surface area (Å²) in [7, 11) is 0. The number of amides is 1. The van der Waals surface area contributed by atoms with Gasteiger partial charge in [-0.2, -0.15) is 0 Å². The molecule has 0 saturated carbocycles. The van der Waals surface area contributed by atoms with E-state index in [9.17, 15) is 4.79 Å². The van der Waals surface area contributed by atoms with Crippen molar-refractivity contribution in [3.63, 3.8) is 0 Å². The molecule has 0 aliphatic rings. The van der Waals surface area contributed by atoms with E-state index in [2.05, 4.69) is 4.98 Å². The molecule has 11 heavy (non-hydrogen) atoms. The summed E-state index contributed by atoms with van der Waals surface area (Å²) in [6.07, 6.45) is 1.59. The molecule has 0 fully saturated rings. The SMILES string of the molecule is Cc1ncccc1C(=O)NO. The van der Waals surface area contributed by atoms with E-state index in [1.807, 2.05) is 0 Å². The van der Waals surface area contributed by atoms with E-state index >= 15 is 0 Å². The number of aryl methyl sites for hydroxylation is 1. The van der Waals surface area contributed by atoms with Crippen molar-refractivity contribution in [3.05, 3.63) is 29.6 Å². The molecule has 2 N–H and O–H groups in total. The van der Waals surface area contributed by atoms with Crippen molar-refractivity contribution >= 4 is 5.91 Å². The second kappa shape index (κ2) is 3.12. The summed E-state index contributed by atoms with van der Waals surface area (Å²) in [6.45, 7) is 1.70. The first-order valence-electron chi connectivity index (χ1n) is 3.11. The fraction of sp³-hybridized carbons (Fsp3) is 0.143. The topological polar surface area (TPSA) is 62.2 Å². The molecule has 1 aromatic rings. The van der Waals surface area contributed by atoms with E-state index in [0.717, 1.165) is 0 Å². The molecule has 0 unspecified atom stereocenters. The van der Waals surface area contributed by atoms with Crippen LogP contribution in [0.2, 0.25) is 0 Å². The van der Waals surface area contributed by atoms with Gasteiger partial charge < -0.3 is 0 Å². The average Bonchev–Trinajstić information content (AvgIpc) is 2.04. The van der Waals surface area contributed by atoms with Crippen LogP contribution in [0.5, 0.6) is 0 Å². The first-order valence-corrected chi connectivity index (χ1v) is 3.11. The first kappa shape index (κ1) is 7.68. The Morgan fingerprint density at radius 1 is 1.73 bits per heavy atom. The highest BCUT2D eigenvalue weighted by Gasteiger charge is 2.06. The van der Waals surface area contributed by atoms with Crippen molar-refractivity contribution < 1.29 is 10.0 Å². The highest BCUT2D eigenvalue weighted by atomic mass is 16.5. The summed E-state index contributed by atoms with van der Waals surface area (Å²) in [6, 6.07) is 3.23. The normalized spacial score (nSPS) is 9.27. The van der Waals surface area contributed by atoms with Gasteiger partial charge in [0.25, 0.3) is 5.91 Å². The van der Waals surface area contributed by atoms with Crippen LogP contribution in [-0.4, -0.2) is 16.1 Å². The molecule has 4 heteroatoms. The molecule has 0 bridgehead atoms. The largest absolute Gasteiger partial charge is 0.288 e. The fourth-order valence-electron chi connectivity index (χ4n) is 0.784. The Hall–Kier alpha value is -1.42. The Bertz CT molecular complexity index is 273. The van der Waals surface area contributed by atoms with Crippen LogP contribution in [-0.2, 0) is 0 Å². The number of hydrogen-bond donors (Lipinski definition) is 2. The second-order valence-electron chi connectivity index (χ2n) is 2.08. The lowest BCUT2D eigenvalue weighted by Crippen LogP contribution is -2.19. The maximum atomic E-state index is 10.8. The predicted molar refractivity (Wildman–Crippen MR) is 38.2 cm³/mol. The summed E-state index contributed by atoms with van der Waals surface area (Å²) < 4.78 is 0. The van der Waals surface area contributed by atoms with Gasteiger partial charge >= 0.3 is 0 Å². The van der Waals surface area contributed by atoms with Crippen molar-refractivity contribution in [2.75, 3.05) is 0 Å². The molecule has 1 aromatic heterocycles. The average molecular weight is 152 g/mol. The lowest BCUT2D eigenvalue weighted by molar-refractivity contribution is 0.0705. The van der Waals surface area contributed by atoms with Gasteiger partial charge in [-0.15, -0.1) is 0 Å². The number of nitrogens with zero attached hydrogens (tertiary/aromatic N) is 1. The molecule has 1 heterocycles. The summed E-state index contributed by atoms with van der Waals surface area (Å²) in [5, 5.41) is 8.29. The summed E-state index contributed by atoms with van der Waals surface area (Å²) in [5.41, 5.74) is 2.52. The summed E-state index contributed by atoms with van der Waals surface area (Å²) in [4.78, 5) is 14.7. The predicted octanol–water partition coefficient (Wildman–Crippen LogP) is 0.509. The highest BCUT2D eigenvalue weighted by molar-refractivity contribution is 5.94. The van der Waals surface area contributed by atoms with Crippen LogP contribution >= 0.6 is 0 Å². The molecule has 4 nitrogen and oxygen atoms in total. The van der Waals surface area contributed by atoms with Gasteiger partial charge in [-0.25, -0.2) is 5.48 Å². The smallest absolute Gasteiger partial charge is 0.276 e. The molecule has 0 aliphatic heterocycles. The molecule has 0 radical (unpaired) electrons. The van der Waals surface area contributed by atoms with Crippen LogP contribution in [0.25, 0.3) is 0 Å². The van der Waals surface area contributed by atoms with E-state index in [1.165, 1.54) is 0 Å². The van der Waals surface area contributed by atoms with E-state index in [0.29, 0.717) is 11.3 Å². The number of hydroxylamine groups is 1. The highest BCUT2D eigenvalue weighted by Crippen LogP contribution is 2.01. The van der Waals surface area contributed by atoms with Crippen molar-refractivity contribution in [1.29, 1.82) is 0 Å². The van der Waals surface area contributed by atoms with Crippen molar-refractivity contribution in [1.82, 2.24) is 10.5 Å². The molecule has 58 valence electrons. The molecular formula is C7H8N2O2. The zero-order chi connectivity index (χ0) is 8.27. The third-order valence-corrected chi connectivity index (χ3v) is 1.35. The van der Waals surface area contributed by atoms with Gasteiger partial charge in [-0.05, 0) is 19.1 Å². The van der Waals surface area contributed by atoms with E-state index in [1.54, 1.807) is 30.7 Å². The third kappa shape index (κ3) is 1.53. The lowest BCUT2D eigenvalue weighted by atomic mass is 10.2. The van der Waals surface area contributed by atoms with E-state index in [-0.39, 0.29) is 0 Å². The van der Waals surface area contributed by atoms with E-state index < -0.39 is 5.91 Å². The van der Waals surface area contributed by atoms with Gasteiger partial charge in [-0.3, -0.25) is 15.0 Å². The molecule has 1 rings (SSSR count). The van der Waals surface area contributed by atoms with Gasteiger partial charge in [0.2, 0.25) is 0 Å². The second-order valence-corrected chi connectivity index (χ2v) is 2.08. The Morgan fingerprint density at radius 2 is 2.45 bits per heavy atom. The molecular weight excluding hydrogens is 144 g/mol. The number of rotatable bonds is 1. The number of pyridine rings is 1. The molecule has 0 saturated heterocycles. The molecule has 1 amide bonds. The van der Waals surface area contributed by atoms with Crippen LogP contribution in [0.15, 0.2) is 18.3 Å². The lowest BCUT2D eigenvalue weighted by Gasteiger charge is -1.99. The van der Waals surface area contributed by atoms with Crippen LogP contribution in [0.1, 0.15) is 16.1 Å². The van der Waals surface area contributed by atoms with Crippen molar-refractivity contribution in [2.24, 2.45) is 0 Å². The number of nitrogens with one attached hydrogen (secondary N) is 1. The minimum Gasteiger partial charge on any atom is -0.288 e. The van der Waals surface area contributed by atoms with Gasteiger partial charge in [0, 0.05) is 6.20 Å². The number of carbonyl (C=O) groups excluding carboxylic acids is 1. The monoisotopic (exact) mass is 152 g/mol. The van der Waals surface area contributed by atoms with Gasteiger partial charge in [0.1, 0.15) is 0 Å². The first-order chi connectivity index (χ1) is 5.25. The standard InChI is InChI=1S/C7H8N2O2/c1-5-6(7(10)9-11)3-2-4-8-5/h2-4,11H,1H3,(H,9,10). The van der Waals surface area contributed by atoms with Gasteiger partial charge in [0.15, 0.2) is 0 Å². The summed E-state index contributed by atoms with van der Waals surface area (Å²) >= 11 is 0. The Kier molecular flexibility index (Phi) is 2.18. The Labute approximate surface area is 63.8 Å². The number of carbonyl (C=O) groups is 1. The maximum absolute atomic E-state index is 10.8. The van der Waals surface area contributed by atoms with Gasteiger partial charge in [0.05, 0.1) is 11.3 Å².